The van der Waals surface area contributed by atoms with E-state index in [1.807, 2.05) is 31.5 Å². The van der Waals surface area contributed by atoms with Crippen molar-refractivity contribution in [1.82, 2.24) is 9.55 Å². The van der Waals surface area contributed by atoms with Gasteiger partial charge in [0.05, 0.1) is 13.2 Å². The topological polar surface area (TPSA) is 36.3 Å². The standard InChI is InChI=1S/C10H18N2O2/c1-4-13-7-8-14-10(3)12-6-5-11-9(12)2/h5-6,10H,4,7-8H2,1-3H3. The summed E-state index contributed by atoms with van der Waals surface area (Å²) in [5, 5.41) is 0. The Labute approximate surface area is 84.9 Å². The molecule has 14 heavy (non-hydrogen) atoms. The Hall–Kier alpha value is -0.870. The highest BCUT2D eigenvalue weighted by Crippen LogP contribution is 2.09. The summed E-state index contributed by atoms with van der Waals surface area (Å²) in [6, 6.07) is 0. The van der Waals surface area contributed by atoms with Crippen LogP contribution in [0.3, 0.4) is 0 Å². The van der Waals surface area contributed by atoms with Gasteiger partial charge in [-0.05, 0) is 20.8 Å². The SMILES string of the molecule is CCOCCOC(C)n1ccnc1C. The summed E-state index contributed by atoms with van der Waals surface area (Å²) < 4.78 is 12.7. The van der Waals surface area contributed by atoms with E-state index in [0.717, 1.165) is 12.4 Å². The first-order chi connectivity index (χ1) is 6.75. The molecule has 1 unspecified atom stereocenters. The van der Waals surface area contributed by atoms with Gasteiger partial charge in [-0.2, -0.15) is 0 Å². The lowest BCUT2D eigenvalue weighted by molar-refractivity contribution is -0.0193. The fraction of sp³-hybridized carbons (Fsp3) is 0.700. The molecule has 1 aromatic heterocycles. The predicted octanol–water partition coefficient (Wildman–Crippen LogP) is 1.76. The van der Waals surface area contributed by atoms with Gasteiger partial charge in [-0.3, -0.25) is 0 Å². The molecule has 0 radical (unpaired) electrons. The van der Waals surface area contributed by atoms with E-state index >= 15 is 0 Å². The number of ether oxygens (including phenoxy) is 2. The largest absolute Gasteiger partial charge is 0.379 e. The van der Waals surface area contributed by atoms with Crippen LogP contribution in [0, 0.1) is 6.92 Å². The van der Waals surface area contributed by atoms with Gasteiger partial charge in [-0.1, -0.05) is 0 Å². The Morgan fingerprint density at radius 3 is 2.86 bits per heavy atom. The fourth-order valence-electron chi connectivity index (χ4n) is 1.27. The van der Waals surface area contributed by atoms with Crippen LogP contribution in [0.15, 0.2) is 12.4 Å². The van der Waals surface area contributed by atoms with Gasteiger partial charge in [0.1, 0.15) is 12.1 Å². The molecule has 0 saturated carbocycles. The maximum absolute atomic E-state index is 5.57. The average Bonchev–Trinajstić information content (AvgIpc) is 2.59. The molecular weight excluding hydrogens is 180 g/mol. The molecule has 0 spiro atoms. The molecule has 0 bridgehead atoms. The van der Waals surface area contributed by atoms with Crippen LogP contribution in [-0.4, -0.2) is 29.4 Å². The van der Waals surface area contributed by atoms with E-state index in [2.05, 4.69) is 4.98 Å². The summed E-state index contributed by atoms with van der Waals surface area (Å²) in [5.74, 6) is 0.967. The Kier molecular flexibility index (Phi) is 4.62. The number of imidazole rings is 1. The van der Waals surface area contributed by atoms with Crippen molar-refractivity contribution in [2.45, 2.75) is 27.0 Å². The monoisotopic (exact) mass is 198 g/mol. The zero-order valence-corrected chi connectivity index (χ0v) is 9.06. The van der Waals surface area contributed by atoms with Crippen molar-refractivity contribution in [3.63, 3.8) is 0 Å². The lowest BCUT2D eigenvalue weighted by Gasteiger charge is -2.15. The molecule has 1 aromatic rings. The zero-order chi connectivity index (χ0) is 10.4. The second kappa shape index (κ2) is 5.78. The van der Waals surface area contributed by atoms with Crippen molar-refractivity contribution in [2.75, 3.05) is 19.8 Å². The zero-order valence-electron chi connectivity index (χ0n) is 9.06. The maximum atomic E-state index is 5.57. The summed E-state index contributed by atoms with van der Waals surface area (Å²) in [5.41, 5.74) is 0. The van der Waals surface area contributed by atoms with Crippen LogP contribution >= 0.6 is 0 Å². The lowest BCUT2D eigenvalue weighted by Crippen LogP contribution is -2.13. The summed E-state index contributed by atoms with van der Waals surface area (Å²) in [6.45, 7) is 7.94. The van der Waals surface area contributed by atoms with E-state index in [1.165, 1.54) is 0 Å². The molecule has 0 amide bonds. The van der Waals surface area contributed by atoms with Crippen molar-refractivity contribution in [1.29, 1.82) is 0 Å². The lowest BCUT2D eigenvalue weighted by atomic mass is 10.5. The molecule has 0 saturated heterocycles. The van der Waals surface area contributed by atoms with E-state index in [-0.39, 0.29) is 6.23 Å². The van der Waals surface area contributed by atoms with Crippen LogP contribution in [0.4, 0.5) is 0 Å². The van der Waals surface area contributed by atoms with Crippen molar-refractivity contribution in [2.24, 2.45) is 0 Å². The van der Waals surface area contributed by atoms with E-state index in [0.29, 0.717) is 13.2 Å². The number of hydrogen-bond donors (Lipinski definition) is 0. The van der Waals surface area contributed by atoms with Crippen molar-refractivity contribution in [3.05, 3.63) is 18.2 Å². The highest BCUT2D eigenvalue weighted by Gasteiger charge is 2.05. The summed E-state index contributed by atoms with van der Waals surface area (Å²) in [7, 11) is 0. The highest BCUT2D eigenvalue weighted by atomic mass is 16.5. The van der Waals surface area contributed by atoms with E-state index in [9.17, 15) is 0 Å². The van der Waals surface area contributed by atoms with Crippen LogP contribution in [0.2, 0.25) is 0 Å². The third-order valence-electron chi connectivity index (χ3n) is 2.04. The third kappa shape index (κ3) is 3.12. The molecule has 0 aromatic carbocycles. The van der Waals surface area contributed by atoms with E-state index < -0.39 is 0 Å². The minimum atomic E-state index is 0.0259. The summed E-state index contributed by atoms with van der Waals surface area (Å²) >= 11 is 0. The van der Waals surface area contributed by atoms with Gasteiger partial charge in [0.2, 0.25) is 0 Å². The predicted molar refractivity (Wildman–Crippen MR) is 54.1 cm³/mol. The van der Waals surface area contributed by atoms with Crippen molar-refractivity contribution >= 4 is 0 Å². The average molecular weight is 198 g/mol. The first-order valence-corrected chi connectivity index (χ1v) is 4.94. The smallest absolute Gasteiger partial charge is 0.132 e. The Morgan fingerprint density at radius 1 is 1.50 bits per heavy atom. The van der Waals surface area contributed by atoms with Gasteiger partial charge in [0, 0.05) is 19.0 Å². The molecule has 0 aliphatic rings. The van der Waals surface area contributed by atoms with Gasteiger partial charge >= 0.3 is 0 Å². The summed E-state index contributed by atoms with van der Waals surface area (Å²) in [6.07, 6.45) is 3.72. The normalized spacial score (nSPS) is 13.1. The molecule has 1 atom stereocenters. The van der Waals surface area contributed by atoms with Crippen LogP contribution in [0.5, 0.6) is 0 Å². The maximum Gasteiger partial charge on any atom is 0.132 e. The Morgan fingerprint density at radius 2 is 2.29 bits per heavy atom. The van der Waals surface area contributed by atoms with Crippen LogP contribution in [-0.2, 0) is 9.47 Å². The van der Waals surface area contributed by atoms with Gasteiger partial charge < -0.3 is 14.0 Å². The molecule has 0 aliphatic heterocycles. The van der Waals surface area contributed by atoms with Gasteiger partial charge in [-0.25, -0.2) is 4.98 Å². The molecule has 80 valence electrons. The number of nitrogens with zero attached hydrogens (tertiary/aromatic N) is 2. The quantitative estimate of drug-likeness (QED) is 0.653. The minimum absolute atomic E-state index is 0.0259. The summed E-state index contributed by atoms with van der Waals surface area (Å²) in [4.78, 5) is 4.13. The molecule has 4 nitrogen and oxygen atoms in total. The molecule has 0 aliphatic carbocycles. The number of hydrogen-bond acceptors (Lipinski definition) is 3. The highest BCUT2D eigenvalue weighted by molar-refractivity contribution is 4.89. The van der Waals surface area contributed by atoms with Gasteiger partial charge in [0.25, 0.3) is 0 Å². The first kappa shape index (κ1) is 11.2. The van der Waals surface area contributed by atoms with Gasteiger partial charge in [-0.15, -0.1) is 0 Å². The molecule has 4 heteroatoms. The second-order valence-corrected chi connectivity index (χ2v) is 3.05. The number of aromatic nitrogens is 2. The fourth-order valence-corrected chi connectivity index (χ4v) is 1.27. The van der Waals surface area contributed by atoms with Gasteiger partial charge in [0.15, 0.2) is 0 Å². The van der Waals surface area contributed by atoms with Crippen LogP contribution in [0.1, 0.15) is 25.9 Å². The molecule has 0 N–H and O–H groups in total. The number of aryl methyl sites for hydroxylation is 1. The minimum Gasteiger partial charge on any atom is -0.379 e. The Balaban J connectivity index is 2.28. The third-order valence-corrected chi connectivity index (χ3v) is 2.04. The second-order valence-electron chi connectivity index (χ2n) is 3.05. The van der Waals surface area contributed by atoms with Crippen LogP contribution < -0.4 is 0 Å². The molecule has 0 fully saturated rings. The van der Waals surface area contributed by atoms with Crippen molar-refractivity contribution in [3.8, 4) is 0 Å². The van der Waals surface area contributed by atoms with Crippen molar-refractivity contribution < 1.29 is 9.47 Å². The molecule has 1 heterocycles. The van der Waals surface area contributed by atoms with Crippen LogP contribution in [0.25, 0.3) is 0 Å². The number of rotatable bonds is 6. The molecule has 1 rings (SSSR count). The Bertz CT molecular complexity index is 260. The molecular formula is C10H18N2O2. The first-order valence-electron chi connectivity index (χ1n) is 4.94. The van der Waals surface area contributed by atoms with E-state index in [1.54, 1.807) is 6.20 Å². The van der Waals surface area contributed by atoms with E-state index in [4.69, 9.17) is 9.47 Å².